The summed E-state index contributed by atoms with van der Waals surface area (Å²) in [6.07, 6.45) is 3.17. The number of rotatable bonds is 15. The van der Waals surface area contributed by atoms with Crippen LogP contribution in [-0.2, 0) is 28.5 Å². The molecule has 0 amide bonds. The fourth-order valence-corrected chi connectivity index (χ4v) is 4.27. The van der Waals surface area contributed by atoms with Crippen LogP contribution in [0.1, 0.15) is 86.5 Å². The highest BCUT2D eigenvalue weighted by molar-refractivity contribution is 7.49. The van der Waals surface area contributed by atoms with Crippen molar-refractivity contribution in [1.82, 2.24) is 0 Å². The van der Waals surface area contributed by atoms with Crippen LogP contribution in [0.25, 0.3) is 0 Å². The van der Waals surface area contributed by atoms with Gasteiger partial charge < -0.3 is 13.8 Å². The summed E-state index contributed by atoms with van der Waals surface area (Å²) < 4.78 is 42.6. The smallest absolute Gasteiger partial charge is 0.319 e. The average Bonchev–Trinajstić information content (AvgIpc) is 2.67. The molecule has 1 rings (SSSR count). The lowest BCUT2D eigenvalue weighted by atomic mass is 10.1. The van der Waals surface area contributed by atoms with E-state index in [1.54, 1.807) is 20.8 Å². The summed E-state index contributed by atoms with van der Waals surface area (Å²) in [5, 5.41) is 3.78. The van der Waals surface area contributed by atoms with Crippen LogP contribution >= 0.6 is 8.38 Å². The Hall–Kier alpha value is -1.38. The van der Waals surface area contributed by atoms with E-state index >= 15 is 0 Å². The van der Waals surface area contributed by atoms with Gasteiger partial charge in [-0.15, -0.1) is 0 Å². The van der Waals surface area contributed by atoms with Gasteiger partial charge in [-0.05, 0) is 59.5 Å². The predicted molar refractivity (Wildman–Crippen MR) is 120 cm³/mol. The summed E-state index contributed by atoms with van der Waals surface area (Å²) in [6.45, 7) is 10.7. The molecule has 0 aromatic heterocycles. The molecule has 0 N–H and O–H groups in total. The minimum atomic E-state index is -2.62. The topological polar surface area (TPSA) is 87.9 Å². The number of amidine groups is 1. The zero-order chi connectivity index (χ0) is 24.2. The van der Waals surface area contributed by atoms with E-state index in [1.807, 2.05) is 13.8 Å². The summed E-state index contributed by atoms with van der Waals surface area (Å²) in [7, 11) is -1.58. The number of hydrogen-bond donors (Lipinski definition) is 0. The molecule has 0 radical (unpaired) electrons. The summed E-state index contributed by atoms with van der Waals surface area (Å²) in [4.78, 5) is 27.1. The Labute approximate surface area is 190 Å². The van der Waals surface area contributed by atoms with Crippen LogP contribution in [0.4, 0.5) is 8.78 Å². The van der Waals surface area contributed by atoms with Gasteiger partial charge in [0, 0.05) is 12.8 Å². The van der Waals surface area contributed by atoms with Crippen molar-refractivity contribution in [2.24, 2.45) is 10.1 Å². The molecule has 0 bridgehead atoms. The second-order valence-electron chi connectivity index (χ2n) is 8.53. The van der Waals surface area contributed by atoms with Crippen molar-refractivity contribution < 1.29 is 37.2 Å². The van der Waals surface area contributed by atoms with Crippen molar-refractivity contribution in [3.63, 3.8) is 0 Å². The molecule has 11 heteroatoms. The van der Waals surface area contributed by atoms with E-state index in [0.29, 0.717) is 38.3 Å². The zero-order valence-corrected chi connectivity index (χ0v) is 20.9. The van der Waals surface area contributed by atoms with Crippen molar-refractivity contribution in [3.05, 3.63) is 0 Å². The molecule has 0 spiro atoms. The lowest BCUT2D eigenvalue weighted by Gasteiger charge is -2.28. The molecule has 0 aliphatic carbocycles. The van der Waals surface area contributed by atoms with Gasteiger partial charge in [-0.3, -0.25) is 9.68 Å². The molecule has 186 valence electrons. The molecular weight excluding hydrogens is 445 g/mol. The Morgan fingerprint density at radius 3 is 2.25 bits per heavy atom. The number of oxime groups is 1. The van der Waals surface area contributed by atoms with Crippen molar-refractivity contribution in [2.45, 2.75) is 104 Å². The second-order valence-corrected chi connectivity index (χ2v) is 10.2. The van der Waals surface area contributed by atoms with Crippen LogP contribution in [0.3, 0.4) is 0 Å². The molecule has 32 heavy (non-hydrogen) atoms. The molecule has 1 aliphatic rings. The summed E-state index contributed by atoms with van der Waals surface area (Å²) in [5.41, 5.74) is -1.42. The highest BCUT2D eigenvalue weighted by Gasteiger charge is 2.37. The van der Waals surface area contributed by atoms with Gasteiger partial charge in [0.05, 0.1) is 19.6 Å². The molecule has 1 aliphatic heterocycles. The van der Waals surface area contributed by atoms with Crippen molar-refractivity contribution >= 4 is 26.1 Å². The predicted octanol–water partition coefficient (Wildman–Crippen LogP) is 6.14. The third kappa shape index (κ3) is 12.6. The number of alkyl halides is 2. The van der Waals surface area contributed by atoms with Crippen LogP contribution < -0.4 is 0 Å². The van der Waals surface area contributed by atoms with Gasteiger partial charge in [0.2, 0.25) is 5.92 Å². The van der Waals surface area contributed by atoms with Crippen LogP contribution in [0.5, 0.6) is 0 Å². The van der Waals surface area contributed by atoms with Gasteiger partial charge in [-0.1, -0.05) is 12.8 Å². The van der Waals surface area contributed by atoms with Gasteiger partial charge in [0.25, 0.3) is 5.90 Å². The largest absolute Gasteiger partial charge is 0.459 e. The van der Waals surface area contributed by atoms with E-state index in [2.05, 4.69) is 10.1 Å². The lowest BCUT2D eigenvalue weighted by molar-refractivity contribution is -0.228. The maximum Gasteiger partial charge on any atom is 0.319 e. The molecule has 1 heterocycles. The highest BCUT2D eigenvalue weighted by atomic mass is 31.2. The normalized spacial score (nSPS) is 15.5. The number of unbranched alkanes of at least 4 members (excludes halogenated alkanes) is 3. The third-order valence-corrected chi connectivity index (χ3v) is 6.04. The first-order valence-corrected chi connectivity index (χ1v) is 12.3. The maximum atomic E-state index is 12.9. The molecule has 0 fully saturated rings. The van der Waals surface area contributed by atoms with E-state index in [0.717, 1.165) is 19.8 Å². The number of carbonyl (C=O) groups is 1. The number of hydrogen-bond acceptors (Lipinski definition) is 8. The quantitative estimate of drug-likeness (QED) is 0.121. The summed E-state index contributed by atoms with van der Waals surface area (Å²) in [5.74, 6) is -2.48. The molecule has 0 saturated heterocycles. The van der Waals surface area contributed by atoms with Gasteiger partial charge in [-0.2, -0.15) is 9.98 Å². The summed E-state index contributed by atoms with van der Waals surface area (Å²) >= 11 is 0. The lowest BCUT2D eigenvalue weighted by Crippen LogP contribution is -2.34. The molecule has 0 saturated carbocycles. The third-order valence-electron chi connectivity index (χ3n) is 4.11. The molecule has 1 atom stereocenters. The molecule has 1 unspecified atom stereocenters. The number of halogens is 2. The van der Waals surface area contributed by atoms with Gasteiger partial charge in [-0.25, -0.2) is 8.78 Å². The zero-order valence-electron chi connectivity index (χ0n) is 20.0. The highest BCUT2D eigenvalue weighted by Crippen LogP contribution is 2.46. The SMILES string of the molecule is CCOP(OCC)C(CC1=NC(CCCCCCC(C)(F)F)=NOO1)C(=O)OC(C)(C)C. The number of ether oxygens (including phenoxy) is 1. The van der Waals surface area contributed by atoms with Gasteiger partial charge in [0.15, 0.2) is 14.2 Å². The number of aliphatic imine (C=N–C) groups is 1. The van der Waals surface area contributed by atoms with Gasteiger partial charge >= 0.3 is 5.97 Å². The number of carbonyl (C=O) groups excluding carboxylic acids is 1. The fraction of sp³-hybridized carbons (Fsp3) is 0.857. The fourth-order valence-electron chi connectivity index (χ4n) is 2.79. The Bertz CT molecular complexity index is 629. The van der Waals surface area contributed by atoms with E-state index in [9.17, 15) is 13.6 Å². The first-order chi connectivity index (χ1) is 14.9. The van der Waals surface area contributed by atoms with E-state index in [-0.39, 0.29) is 18.7 Å². The number of esters is 1. The van der Waals surface area contributed by atoms with Gasteiger partial charge in [0.1, 0.15) is 11.3 Å². The Kier molecular flexibility index (Phi) is 12.5. The molecule has 0 aromatic rings. The Morgan fingerprint density at radius 1 is 1.06 bits per heavy atom. The first-order valence-electron chi connectivity index (χ1n) is 11.1. The summed E-state index contributed by atoms with van der Waals surface area (Å²) in [6, 6.07) is 0. The van der Waals surface area contributed by atoms with Crippen LogP contribution in [0, 0.1) is 0 Å². The van der Waals surface area contributed by atoms with Crippen LogP contribution in [0.2, 0.25) is 0 Å². The average molecular weight is 483 g/mol. The standard InChI is InChI=1S/C21H37F2N2O6P/c1-7-27-32(28-8-2)16(19(26)29-20(3,4)5)15-18-24-17(25-31-30-18)13-11-9-10-12-14-21(6,22)23/h16H,7-15H2,1-6H3. The van der Waals surface area contributed by atoms with E-state index < -0.39 is 31.5 Å². The van der Waals surface area contributed by atoms with Crippen molar-refractivity contribution in [2.75, 3.05) is 13.2 Å². The Balaban J connectivity index is 2.71. The minimum Gasteiger partial charge on any atom is -0.459 e. The maximum absolute atomic E-state index is 12.9. The monoisotopic (exact) mass is 482 g/mol. The van der Waals surface area contributed by atoms with Crippen LogP contribution in [-0.4, -0.2) is 48.1 Å². The second kappa shape index (κ2) is 14.0. The van der Waals surface area contributed by atoms with Crippen molar-refractivity contribution in [3.8, 4) is 0 Å². The van der Waals surface area contributed by atoms with E-state index in [1.165, 1.54) is 0 Å². The van der Waals surface area contributed by atoms with Crippen LogP contribution in [0.15, 0.2) is 10.1 Å². The minimum absolute atomic E-state index is 0.0746. The number of nitrogens with zero attached hydrogens (tertiary/aromatic N) is 2. The Morgan fingerprint density at radius 2 is 1.69 bits per heavy atom. The molecule has 8 nitrogen and oxygen atoms in total. The first kappa shape index (κ1) is 28.7. The molecule has 0 aromatic carbocycles. The molecular formula is C21H37F2N2O6P. The van der Waals surface area contributed by atoms with Crippen molar-refractivity contribution in [1.29, 1.82) is 0 Å². The van der Waals surface area contributed by atoms with E-state index in [4.69, 9.17) is 23.7 Å².